The van der Waals surface area contributed by atoms with Crippen molar-refractivity contribution in [2.24, 2.45) is 0 Å². The molecule has 0 heterocycles. The van der Waals surface area contributed by atoms with Crippen molar-refractivity contribution in [3.8, 4) is 0 Å². The van der Waals surface area contributed by atoms with Crippen LogP contribution in [0.3, 0.4) is 0 Å². The first-order valence-electron chi connectivity index (χ1n) is 3.98. The maximum Gasteiger partial charge on any atom is 0.178 e. The molecule has 5 nitrogen and oxygen atoms in total. The summed E-state index contributed by atoms with van der Waals surface area (Å²) in [5.74, 6) is -3.75. The SMILES string of the molecule is O=C([O-])CCCCCC(=O)C(=O)[O-]. The fourth-order valence-corrected chi connectivity index (χ4v) is 0.834. The molecule has 0 aromatic carbocycles. The number of carboxylic acids is 2. The molecule has 0 atom stereocenters. The minimum Gasteiger partial charge on any atom is -0.550 e. The van der Waals surface area contributed by atoms with Crippen LogP contribution in [0.25, 0.3) is 0 Å². The van der Waals surface area contributed by atoms with Gasteiger partial charge in [0.05, 0.1) is 0 Å². The third-order valence-corrected chi connectivity index (χ3v) is 1.51. The minimum absolute atomic E-state index is 0.0560. The average Bonchev–Trinajstić information content (AvgIpc) is 2.02. The third-order valence-electron chi connectivity index (χ3n) is 1.51. The summed E-state index contributed by atoms with van der Waals surface area (Å²) in [6.45, 7) is 0. The number of Topliss-reactive ketones (excluding diaryl/α,β-unsaturated/α-hetero) is 1. The van der Waals surface area contributed by atoms with Gasteiger partial charge in [0.25, 0.3) is 0 Å². The van der Waals surface area contributed by atoms with Crippen molar-refractivity contribution in [3.63, 3.8) is 0 Å². The van der Waals surface area contributed by atoms with E-state index < -0.39 is 17.7 Å². The van der Waals surface area contributed by atoms with Crippen molar-refractivity contribution in [2.75, 3.05) is 0 Å². The van der Waals surface area contributed by atoms with Gasteiger partial charge in [-0.05, 0) is 19.3 Å². The molecule has 0 aromatic heterocycles. The van der Waals surface area contributed by atoms with E-state index in [4.69, 9.17) is 0 Å². The summed E-state index contributed by atoms with van der Waals surface area (Å²) in [6.07, 6.45) is 1.14. The molecular weight excluding hydrogens is 176 g/mol. The lowest BCUT2D eigenvalue weighted by Gasteiger charge is -2.02. The van der Waals surface area contributed by atoms with Crippen LogP contribution in [0, 0.1) is 0 Å². The quantitative estimate of drug-likeness (QED) is 0.338. The lowest BCUT2D eigenvalue weighted by atomic mass is 10.1. The molecule has 0 saturated heterocycles. The van der Waals surface area contributed by atoms with Gasteiger partial charge in [-0.2, -0.15) is 0 Å². The number of aliphatic carboxylic acids is 2. The summed E-state index contributed by atoms with van der Waals surface area (Å²) in [5, 5.41) is 19.8. The summed E-state index contributed by atoms with van der Waals surface area (Å²) >= 11 is 0. The van der Waals surface area contributed by atoms with Crippen LogP contribution >= 0.6 is 0 Å². The number of hydrogen-bond acceptors (Lipinski definition) is 5. The van der Waals surface area contributed by atoms with Crippen molar-refractivity contribution in [2.45, 2.75) is 32.1 Å². The van der Waals surface area contributed by atoms with E-state index in [1.807, 2.05) is 0 Å². The maximum absolute atomic E-state index is 10.4. The highest BCUT2D eigenvalue weighted by molar-refractivity contribution is 6.31. The normalized spacial score (nSPS) is 9.54. The lowest BCUT2D eigenvalue weighted by molar-refractivity contribution is -0.306. The van der Waals surface area contributed by atoms with Gasteiger partial charge in [0.2, 0.25) is 0 Å². The molecule has 0 amide bonds. The number of carbonyl (C=O) groups is 3. The van der Waals surface area contributed by atoms with Gasteiger partial charge in [-0.15, -0.1) is 0 Å². The summed E-state index contributed by atoms with van der Waals surface area (Å²) in [7, 11) is 0. The van der Waals surface area contributed by atoms with Gasteiger partial charge < -0.3 is 19.8 Å². The molecule has 0 unspecified atom stereocenters. The molecule has 0 spiro atoms. The number of carboxylic acid groups (broad SMARTS) is 2. The summed E-state index contributed by atoms with van der Waals surface area (Å²) in [6, 6.07) is 0. The van der Waals surface area contributed by atoms with Crippen molar-refractivity contribution in [1.82, 2.24) is 0 Å². The maximum atomic E-state index is 10.4. The second-order valence-electron chi connectivity index (χ2n) is 2.64. The molecule has 0 fully saturated rings. The molecule has 0 rings (SSSR count). The molecule has 5 heteroatoms. The predicted molar refractivity (Wildman–Crippen MR) is 38.1 cm³/mol. The van der Waals surface area contributed by atoms with Crippen LogP contribution in [-0.4, -0.2) is 17.7 Å². The first-order valence-corrected chi connectivity index (χ1v) is 3.98. The van der Waals surface area contributed by atoms with Gasteiger partial charge in [-0.25, -0.2) is 0 Å². The van der Waals surface area contributed by atoms with E-state index in [0.717, 1.165) is 0 Å². The Morgan fingerprint density at radius 1 is 0.846 bits per heavy atom. The van der Waals surface area contributed by atoms with Gasteiger partial charge >= 0.3 is 0 Å². The first kappa shape index (κ1) is 11.6. The van der Waals surface area contributed by atoms with Crippen LogP contribution in [-0.2, 0) is 14.4 Å². The summed E-state index contributed by atoms with van der Waals surface area (Å²) in [4.78, 5) is 30.3. The van der Waals surface area contributed by atoms with E-state index >= 15 is 0 Å². The molecule has 0 saturated carbocycles. The fraction of sp³-hybridized carbons (Fsp3) is 0.625. The van der Waals surface area contributed by atoms with Crippen LogP contribution in [0.15, 0.2) is 0 Å². The van der Waals surface area contributed by atoms with E-state index in [0.29, 0.717) is 19.3 Å². The highest BCUT2D eigenvalue weighted by Crippen LogP contribution is 2.02. The molecule has 0 radical (unpaired) electrons. The second kappa shape index (κ2) is 6.16. The number of carbonyl (C=O) groups excluding carboxylic acids is 3. The fourth-order valence-electron chi connectivity index (χ4n) is 0.834. The molecule has 0 aliphatic heterocycles. The Bertz CT molecular complexity index is 209. The van der Waals surface area contributed by atoms with Crippen LogP contribution < -0.4 is 10.2 Å². The lowest BCUT2D eigenvalue weighted by Crippen LogP contribution is -2.31. The number of hydrogen-bond donors (Lipinski definition) is 0. The molecule has 0 bridgehead atoms. The minimum atomic E-state index is -1.68. The topological polar surface area (TPSA) is 97.3 Å². The number of ketones is 1. The summed E-state index contributed by atoms with van der Waals surface area (Å²) < 4.78 is 0. The third kappa shape index (κ3) is 6.99. The Morgan fingerprint density at radius 2 is 1.38 bits per heavy atom. The van der Waals surface area contributed by atoms with Gasteiger partial charge in [-0.1, -0.05) is 6.42 Å². The second-order valence-corrected chi connectivity index (χ2v) is 2.64. The Hall–Kier alpha value is -1.39. The van der Waals surface area contributed by atoms with E-state index in [1.165, 1.54) is 0 Å². The molecule has 0 N–H and O–H groups in total. The van der Waals surface area contributed by atoms with Gasteiger partial charge in [0, 0.05) is 12.4 Å². The summed E-state index contributed by atoms with van der Waals surface area (Å²) in [5.41, 5.74) is 0. The molecule has 0 aliphatic carbocycles. The van der Waals surface area contributed by atoms with E-state index in [9.17, 15) is 24.6 Å². The highest BCUT2D eigenvalue weighted by Gasteiger charge is 2.01. The Balaban J connectivity index is 3.31. The van der Waals surface area contributed by atoms with Crippen molar-refractivity contribution < 1.29 is 24.6 Å². The molecule has 0 aromatic rings. The number of rotatable bonds is 7. The van der Waals surface area contributed by atoms with Crippen LogP contribution in [0.5, 0.6) is 0 Å². The zero-order chi connectivity index (χ0) is 10.3. The predicted octanol–water partition coefficient (Wildman–Crippen LogP) is -1.99. The Kier molecular flexibility index (Phi) is 5.50. The first-order chi connectivity index (χ1) is 6.04. The van der Waals surface area contributed by atoms with Crippen LogP contribution in [0.2, 0.25) is 0 Å². The van der Waals surface area contributed by atoms with E-state index in [2.05, 4.69) is 0 Å². The van der Waals surface area contributed by atoms with E-state index in [1.54, 1.807) is 0 Å². The molecule has 13 heavy (non-hydrogen) atoms. The Morgan fingerprint density at radius 3 is 1.85 bits per heavy atom. The van der Waals surface area contributed by atoms with E-state index in [-0.39, 0.29) is 12.8 Å². The van der Waals surface area contributed by atoms with Gasteiger partial charge in [-0.3, -0.25) is 4.79 Å². The molecule has 0 aliphatic rings. The number of unbranched alkanes of at least 4 members (excludes halogenated alkanes) is 2. The molecule has 74 valence electrons. The zero-order valence-electron chi connectivity index (χ0n) is 7.08. The highest BCUT2D eigenvalue weighted by atomic mass is 16.4. The van der Waals surface area contributed by atoms with Crippen molar-refractivity contribution >= 4 is 17.7 Å². The monoisotopic (exact) mass is 186 g/mol. The standard InChI is InChI=1S/C8H12O5/c9-6(8(12)13)4-2-1-3-5-7(10)11/h1-5H2,(H,10,11)(H,12,13)/p-2. The van der Waals surface area contributed by atoms with Crippen LogP contribution in [0.1, 0.15) is 32.1 Å². The van der Waals surface area contributed by atoms with Gasteiger partial charge in [0.1, 0.15) is 5.97 Å². The average molecular weight is 186 g/mol. The van der Waals surface area contributed by atoms with Gasteiger partial charge in [0.15, 0.2) is 5.78 Å². The smallest absolute Gasteiger partial charge is 0.178 e. The molecular formula is C8H10O5-2. The largest absolute Gasteiger partial charge is 0.550 e. The van der Waals surface area contributed by atoms with Crippen molar-refractivity contribution in [1.29, 1.82) is 0 Å². The zero-order valence-corrected chi connectivity index (χ0v) is 7.08. The Labute approximate surface area is 75.4 Å². The van der Waals surface area contributed by atoms with Crippen LogP contribution in [0.4, 0.5) is 0 Å². The van der Waals surface area contributed by atoms with Crippen molar-refractivity contribution in [3.05, 3.63) is 0 Å².